The summed E-state index contributed by atoms with van der Waals surface area (Å²) >= 11 is 1.37. The maximum Gasteiger partial charge on any atom is 0.338 e. The second kappa shape index (κ2) is 7.09. The first kappa shape index (κ1) is 16.0. The van der Waals surface area contributed by atoms with Crippen LogP contribution in [0.5, 0.6) is 11.5 Å². The third-order valence-corrected chi connectivity index (χ3v) is 3.98. The number of hydrogen-bond donors (Lipinski definition) is 0. The van der Waals surface area contributed by atoms with Crippen molar-refractivity contribution >= 4 is 23.1 Å². The number of thiophene rings is 1. The van der Waals surface area contributed by atoms with E-state index in [1.165, 1.54) is 37.7 Å². The zero-order chi connectivity index (χ0) is 16.1. The van der Waals surface area contributed by atoms with E-state index in [4.69, 9.17) is 14.2 Å². The molecule has 22 heavy (non-hydrogen) atoms. The molecule has 1 heterocycles. The molecule has 0 spiro atoms. The number of ketones is 1. The van der Waals surface area contributed by atoms with Crippen molar-refractivity contribution in [2.75, 3.05) is 20.8 Å². The van der Waals surface area contributed by atoms with Crippen LogP contribution in [0.4, 0.5) is 0 Å². The van der Waals surface area contributed by atoms with Crippen molar-refractivity contribution in [1.82, 2.24) is 0 Å². The highest BCUT2D eigenvalue weighted by atomic mass is 32.1. The summed E-state index contributed by atoms with van der Waals surface area (Å²) in [6.45, 7) is 1.62. The average Bonchev–Trinajstić information content (AvgIpc) is 2.98. The van der Waals surface area contributed by atoms with Crippen LogP contribution >= 0.6 is 11.3 Å². The van der Waals surface area contributed by atoms with Gasteiger partial charge in [0.05, 0.1) is 24.7 Å². The highest BCUT2D eigenvalue weighted by Crippen LogP contribution is 2.23. The van der Waals surface area contributed by atoms with Gasteiger partial charge in [0.1, 0.15) is 11.5 Å². The predicted octanol–water partition coefficient (Wildman–Crippen LogP) is 3.11. The van der Waals surface area contributed by atoms with Crippen LogP contribution in [-0.4, -0.2) is 32.6 Å². The predicted molar refractivity (Wildman–Crippen MR) is 83.2 cm³/mol. The number of ether oxygens (including phenoxy) is 3. The van der Waals surface area contributed by atoms with E-state index in [1.807, 2.05) is 13.0 Å². The number of esters is 1. The van der Waals surface area contributed by atoms with E-state index >= 15 is 0 Å². The molecule has 0 aliphatic rings. The summed E-state index contributed by atoms with van der Waals surface area (Å²) in [4.78, 5) is 25.6. The standard InChI is InChI=1S/C16H16O5S/c1-10-4-5-15(22-10)14(17)9-21-16(18)11-6-12(19-2)8-13(7-11)20-3/h4-8H,9H2,1-3H3. The second-order valence-electron chi connectivity index (χ2n) is 4.51. The number of rotatable bonds is 6. The zero-order valence-electron chi connectivity index (χ0n) is 12.5. The molecule has 0 N–H and O–H groups in total. The Balaban J connectivity index is 2.04. The monoisotopic (exact) mass is 320 g/mol. The quantitative estimate of drug-likeness (QED) is 0.604. The first-order chi connectivity index (χ1) is 10.5. The van der Waals surface area contributed by atoms with Gasteiger partial charge in [-0.05, 0) is 31.2 Å². The van der Waals surface area contributed by atoms with Gasteiger partial charge in [0.25, 0.3) is 0 Å². The van der Waals surface area contributed by atoms with Gasteiger partial charge in [-0.1, -0.05) is 0 Å². The minimum absolute atomic E-state index is 0.221. The fourth-order valence-electron chi connectivity index (χ4n) is 1.80. The van der Waals surface area contributed by atoms with Crippen LogP contribution in [0.2, 0.25) is 0 Å². The topological polar surface area (TPSA) is 61.8 Å². The zero-order valence-corrected chi connectivity index (χ0v) is 13.4. The fraction of sp³-hybridized carbons (Fsp3) is 0.250. The summed E-state index contributed by atoms with van der Waals surface area (Å²) in [5.41, 5.74) is 0.270. The number of hydrogen-bond acceptors (Lipinski definition) is 6. The molecule has 1 aromatic carbocycles. The third-order valence-electron chi connectivity index (χ3n) is 2.94. The normalized spacial score (nSPS) is 10.1. The number of methoxy groups -OCH3 is 2. The maximum absolute atomic E-state index is 12.0. The van der Waals surface area contributed by atoms with E-state index in [1.54, 1.807) is 12.1 Å². The van der Waals surface area contributed by atoms with E-state index < -0.39 is 5.97 Å². The lowest BCUT2D eigenvalue weighted by molar-refractivity contribution is 0.0475. The smallest absolute Gasteiger partial charge is 0.338 e. The summed E-state index contributed by atoms with van der Waals surface area (Å²) in [6.07, 6.45) is 0. The Morgan fingerprint density at radius 3 is 2.18 bits per heavy atom. The minimum Gasteiger partial charge on any atom is -0.497 e. The Kier molecular flexibility index (Phi) is 5.16. The lowest BCUT2D eigenvalue weighted by Crippen LogP contribution is -2.13. The lowest BCUT2D eigenvalue weighted by Gasteiger charge is -2.08. The summed E-state index contributed by atoms with van der Waals surface area (Å²) in [7, 11) is 2.99. The molecule has 0 aliphatic heterocycles. The lowest BCUT2D eigenvalue weighted by atomic mass is 10.2. The van der Waals surface area contributed by atoms with Crippen molar-refractivity contribution in [3.05, 3.63) is 45.6 Å². The van der Waals surface area contributed by atoms with Crippen LogP contribution in [0.1, 0.15) is 24.9 Å². The molecular formula is C16H16O5S. The van der Waals surface area contributed by atoms with Gasteiger partial charge in [0.15, 0.2) is 6.61 Å². The third kappa shape index (κ3) is 3.85. The second-order valence-corrected chi connectivity index (χ2v) is 5.80. The van der Waals surface area contributed by atoms with Crippen molar-refractivity contribution in [1.29, 1.82) is 0 Å². The number of Topliss-reactive ketones (excluding diaryl/α,β-unsaturated/α-hetero) is 1. The van der Waals surface area contributed by atoms with E-state index in [0.29, 0.717) is 16.4 Å². The Labute approximate surface area is 132 Å². The van der Waals surface area contributed by atoms with E-state index in [-0.39, 0.29) is 18.0 Å². The van der Waals surface area contributed by atoms with Crippen molar-refractivity contribution in [3.8, 4) is 11.5 Å². The summed E-state index contributed by atoms with van der Waals surface area (Å²) in [5, 5.41) is 0. The molecule has 116 valence electrons. The molecule has 2 rings (SSSR count). The molecule has 0 saturated carbocycles. The van der Waals surface area contributed by atoms with Gasteiger partial charge in [0, 0.05) is 10.9 Å². The van der Waals surface area contributed by atoms with Crippen molar-refractivity contribution < 1.29 is 23.8 Å². The van der Waals surface area contributed by atoms with E-state index in [2.05, 4.69) is 0 Å². The first-order valence-corrected chi connectivity index (χ1v) is 7.35. The molecule has 0 radical (unpaired) electrons. The molecule has 0 aliphatic carbocycles. The van der Waals surface area contributed by atoms with Gasteiger partial charge >= 0.3 is 5.97 Å². The highest BCUT2D eigenvalue weighted by Gasteiger charge is 2.15. The van der Waals surface area contributed by atoms with Crippen LogP contribution in [-0.2, 0) is 4.74 Å². The Morgan fingerprint density at radius 2 is 1.68 bits per heavy atom. The highest BCUT2D eigenvalue weighted by molar-refractivity contribution is 7.14. The van der Waals surface area contributed by atoms with Gasteiger partial charge in [-0.3, -0.25) is 4.79 Å². The Morgan fingerprint density at radius 1 is 1.05 bits per heavy atom. The fourth-order valence-corrected chi connectivity index (χ4v) is 2.59. The first-order valence-electron chi connectivity index (χ1n) is 6.53. The molecule has 1 aromatic heterocycles. The molecule has 0 saturated heterocycles. The average molecular weight is 320 g/mol. The molecule has 0 atom stereocenters. The van der Waals surface area contributed by atoms with Crippen LogP contribution in [0.25, 0.3) is 0 Å². The van der Waals surface area contributed by atoms with Crippen LogP contribution in [0.15, 0.2) is 30.3 Å². The van der Waals surface area contributed by atoms with Crippen LogP contribution in [0.3, 0.4) is 0 Å². The van der Waals surface area contributed by atoms with Crippen molar-refractivity contribution in [3.63, 3.8) is 0 Å². The molecule has 6 heteroatoms. The van der Waals surface area contributed by atoms with E-state index in [9.17, 15) is 9.59 Å². The molecule has 0 amide bonds. The van der Waals surface area contributed by atoms with Gasteiger partial charge in [-0.2, -0.15) is 0 Å². The van der Waals surface area contributed by atoms with Gasteiger partial charge in [-0.25, -0.2) is 4.79 Å². The molecular weight excluding hydrogens is 304 g/mol. The number of carbonyl (C=O) groups is 2. The van der Waals surface area contributed by atoms with Gasteiger partial charge in [0.2, 0.25) is 5.78 Å². The number of aryl methyl sites for hydroxylation is 1. The minimum atomic E-state index is -0.598. The van der Waals surface area contributed by atoms with Crippen LogP contribution < -0.4 is 9.47 Å². The number of carbonyl (C=O) groups excluding carboxylic acids is 2. The van der Waals surface area contributed by atoms with E-state index in [0.717, 1.165) is 4.88 Å². The number of benzene rings is 1. The largest absolute Gasteiger partial charge is 0.497 e. The van der Waals surface area contributed by atoms with Crippen molar-refractivity contribution in [2.24, 2.45) is 0 Å². The Hall–Kier alpha value is -2.34. The molecule has 5 nitrogen and oxygen atoms in total. The van der Waals surface area contributed by atoms with Gasteiger partial charge in [-0.15, -0.1) is 11.3 Å². The molecule has 0 bridgehead atoms. The Bertz CT molecular complexity index is 667. The van der Waals surface area contributed by atoms with Crippen molar-refractivity contribution in [2.45, 2.75) is 6.92 Å². The molecule has 2 aromatic rings. The summed E-state index contributed by atoms with van der Waals surface area (Å²) < 4.78 is 15.2. The molecule has 0 fully saturated rings. The summed E-state index contributed by atoms with van der Waals surface area (Å²) in [6, 6.07) is 8.29. The molecule has 0 unspecified atom stereocenters. The SMILES string of the molecule is COc1cc(OC)cc(C(=O)OCC(=O)c2ccc(C)s2)c1. The summed E-state index contributed by atoms with van der Waals surface area (Å²) in [5.74, 6) is 0.137. The van der Waals surface area contributed by atoms with Crippen LogP contribution in [0, 0.1) is 6.92 Å². The maximum atomic E-state index is 12.0. The van der Waals surface area contributed by atoms with Gasteiger partial charge < -0.3 is 14.2 Å².